The monoisotopic (exact) mass is 658 g/mol. The van der Waals surface area contributed by atoms with Crippen molar-refractivity contribution in [1.82, 2.24) is 10.2 Å². The molecule has 2 heterocycles. The van der Waals surface area contributed by atoms with Gasteiger partial charge in [-0.25, -0.2) is 4.79 Å². The zero-order valence-corrected chi connectivity index (χ0v) is 25.6. The topological polar surface area (TPSA) is 97.3 Å². The highest BCUT2D eigenvalue weighted by atomic mass is 19.4. The van der Waals surface area contributed by atoms with E-state index < -0.39 is 41.0 Å². The van der Waals surface area contributed by atoms with Gasteiger partial charge in [-0.1, -0.05) is 45.8 Å². The molecule has 0 bridgehead atoms. The summed E-state index contributed by atoms with van der Waals surface area (Å²) in [5, 5.41) is 12.8. The molecule has 2 N–H and O–H groups in total. The molecule has 1 unspecified atom stereocenters. The number of hydrogen-bond acceptors (Lipinski definition) is 6. The van der Waals surface area contributed by atoms with E-state index in [-0.39, 0.29) is 49.3 Å². The summed E-state index contributed by atoms with van der Waals surface area (Å²) in [7, 11) is 0. The molecule has 252 valence electrons. The van der Waals surface area contributed by atoms with Crippen molar-refractivity contribution in [3.05, 3.63) is 64.7 Å². The standard InChI is InChI=1S/C32H36F6N2O6/c1-4-9-20-17-23(30(43,31(33,34)35)32(36,37)38)18-21(10-5-2)26(20)46-14-8-7-13-40-27(41)29(6-3,39-28(40)42)22-11-12-24-25(19-22)45-16-15-44-24/h7-8,11-12,17-19,43H,4-6,9-10,13-16H2,1-3H3,(H,39,42)/b8-7+. The number of imide groups is 1. The van der Waals surface area contributed by atoms with Crippen molar-refractivity contribution in [3.63, 3.8) is 0 Å². The number of amides is 3. The van der Waals surface area contributed by atoms with Crippen molar-refractivity contribution in [3.8, 4) is 17.2 Å². The molecular formula is C32H36F6N2O6. The van der Waals surface area contributed by atoms with E-state index in [1.165, 1.54) is 12.2 Å². The van der Waals surface area contributed by atoms with Gasteiger partial charge in [0.2, 0.25) is 0 Å². The van der Waals surface area contributed by atoms with Crippen LogP contribution in [0.4, 0.5) is 31.1 Å². The fourth-order valence-corrected chi connectivity index (χ4v) is 5.67. The largest absolute Gasteiger partial charge is 0.489 e. The Kier molecular flexibility index (Phi) is 10.2. The molecule has 2 aromatic carbocycles. The van der Waals surface area contributed by atoms with Crippen molar-refractivity contribution in [2.75, 3.05) is 26.4 Å². The highest BCUT2D eigenvalue weighted by Crippen LogP contribution is 2.51. The summed E-state index contributed by atoms with van der Waals surface area (Å²) >= 11 is 0. The number of aryl methyl sites for hydroxylation is 2. The first-order valence-corrected chi connectivity index (χ1v) is 15.0. The Labute approximate surface area is 262 Å². The van der Waals surface area contributed by atoms with Crippen molar-refractivity contribution in [2.24, 2.45) is 0 Å². The van der Waals surface area contributed by atoms with Gasteiger partial charge in [0, 0.05) is 12.1 Å². The van der Waals surface area contributed by atoms with E-state index in [0.717, 1.165) is 4.90 Å². The van der Waals surface area contributed by atoms with Gasteiger partial charge < -0.3 is 24.6 Å². The highest BCUT2D eigenvalue weighted by Gasteiger charge is 2.71. The highest BCUT2D eigenvalue weighted by molar-refractivity contribution is 6.07. The summed E-state index contributed by atoms with van der Waals surface area (Å²) in [6.45, 7) is 5.65. The molecule has 1 atom stereocenters. The van der Waals surface area contributed by atoms with Crippen LogP contribution >= 0.6 is 0 Å². The number of nitrogens with zero attached hydrogens (tertiary/aromatic N) is 1. The van der Waals surface area contributed by atoms with Gasteiger partial charge in [-0.3, -0.25) is 9.69 Å². The fraction of sp³-hybridized carbons (Fsp3) is 0.500. The third-order valence-corrected chi connectivity index (χ3v) is 8.04. The van der Waals surface area contributed by atoms with Crippen LogP contribution in [0.2, 0.25) is 0 Å². The van der Waals surface area contributed by atoms with Gasteiger partial charge in [0.15, 0.2) is 11.5 Å². The molecule has 1 saturated heterocycles. The zero-order valence-electron chi connectivity index (χ0n) is 25.6. The van der Waals surface area contributed by atoms with E-state index in [1.54, 1.807) is 39.0 Å². The second-order valence-electron chi connectivity index (χ2n) is 11.1. The maximum atomic E-state index is 13.6. The molecule has 0 radical (unpaired) electrons. The first-order chi connectivity index (χ1) is 21.6. The first-order valence-electron chi connectivity index (χ1n) is 15.0. The molecule has 8 nitrogen and oxygen atoms in total. The minimum absolute atomic E-state index is 0.0880. The lowest BCUT2D eigenvalue weighted by atomic mass is 9.87. The van der Waals surface area contributed by atoms with E-state index in [9.17, 15) is 41.0 Å². The number of halogens is 6. The number of rotatable bonds is 12. The maximum absolute atomic E-state index is 13.6. The average molecular weight is 659 g/mol. The number of ether oxygens (including phenoxy) is 3. The SMILES string of the molecule is CCCc1cc(C(O)(C(F)(F)F)C(F)(F)F)cc(CCC)c1OC/C=C/CN1C(=O)NC(CC)(c2ccc3c(c2)OCCO3)C1=O. The van der Waals surface area contributed by atoms with Crippen molar-refractivity contribution >= 4 is 11.9 Å². The van der Waals surface area contributed by atoms with Crippen LogP contribution < -0.4 is 19.5 Å². The third kappa shape index (κ3) is 6.36. The van der Waals surface area contributed by atoms with Crippen LogP contribution in [0, 0.1) is 0 Å². The van der Waals surface area contributed by atoms with Gasteiger partial charge in [-0.15, -0.1) is 0 Å². The second kappa shape index (κ2) is 13.4. The lowest BCUT2D eigenvalue weighted by Gasteiger charge is -2.33. The zero-order chi connectivity index (χ0) is 33.9. The fourth-order valence-electron chi connectivity index (χ4n) is 5.67. The van der Waals surface area contributed by atoms with Crippen molar-refractivity contribution in [1.29, 1.82) is 0 Å². The quantitative estimate of drug-likeness (QED) is 0.154. The number of carbonyl (C=O) groups excluding carboxylic acids is 2. The van der Waals surface area contributed by atoms with E-state index in [2.05, 4.69) is 5.32 Å². The molecule has 0 aliphatic carbocycles. The molecule has 4 rings (SSSR count). The lowest BCUT2D eigenvalue weighted by Crippen LogP contribution is -2.54. The van der Waals surface area contributed by atoms with Crippen LogP contribution in [0.5, 0.6) is 17.2 Å². The number of fused-ring (bicyclic) bond motifs is 1. The number of benzene rings is 2. The van der Waals surface area contributed by atoms with E-state index in [1.807, 2.05) is 0 Å². The molecule has 0 saturated carbocycles. The number of urea groups is 1. The smallest absolute Gasteiger partial charge is 0.430 e. The van der Waals surface area contributed by atoms with Gasteiger partial charge in [0.25, 0.3) is 11.5 Å². The summed E-state index contributed by atoms with van der Waals surface area (Å²) in [4.78, 5) is 27.5. The summed E-state index contributed by atoms with van der Waals surface area (Å²) in [6.07, 6.45) is -7.81. The lowest BCUT2D eigenvalue weighted by molar-refractivity contribution is -0.376. The van der Waals surface area contributed by atoms with Crippen LogP contribution in [-0.4, -0.2) is 60.7 Å². The van der Waals surface area contributed by atoms with Crippen LogP contribution in [-0.2, 0) is 28.8 Å². The molecule has 46 heavy (non-hydrogen) atoms. The molecule has 2 aromatic rings. The van der Waals surface area contributed by atoms with Crippen LogP contribution in [0.1, 0.15) is 62.3 Å². The van der Waals surface area contributed by atoms with E-state index in [0.29, 0.717) is 55.3 Å². The summed E-state index contributed by atoms with van der Waals surface area (Å²) in [5.74, 6) is 0.652. The Balaban J connectivity index is 1.53. The van der Waals surface area contributed by atoms with Crippen LogP contribution in [0.15, 0.2) is 42.5 Å². The van der Waals surface area contributed by atoms with Crippen LogP contribution in [0.25, 0.3) is 0 Å². The second-order valence-corrected chi connectivity index (χ2v) is 11.1. The molecule has 2 aliphatic heterocycles. The third-order valence-electron chi connectivity index (χ3n) is 8.04. The Morgan fingerprint density at radius 3 is 2.04 bits per heavy atom. The number of nitrogens with one attached hydrogen (secondary N) is 1. The summed E-state index contributed by atoms with van der Waals surface area (Å²) < 4.78 is 98.9. The molecule has 0 spiro atoms. The van der Waals surface area contributed by atoms with Gasteiger partial charge in [0.05, 0.1) is 0 Å². The number of carbonyl (C=O) groups is 2. The molecule has 14 heteroatoms. The van der Waals surface area contributed by atoms with E-state index >= 15 is 0 Å². The molecule has 2 aliphatic rings. The van der Waals surface area contributed by atoms with E-state index in [4.69, 9.17) is 14.2 Å². The Morgan fingerprint density at radius 1 is 0.913 bits per heavy atom. The minimum atomic E-state index is -6.01. The summed E-state index contributed by atoms with van der Waals surface area (Å²) in [6, 6.07) is 5.82. The normalized spacial score (nSPS) is 18.8. The average Bonchev–Trinajstić information content (AvgIpc) is 3.25. The predicted octanol–water partition coefficient (Wildman–Crippen LogP) is 6.47. The maximum Gasteiger partial charge on any atom is 0.430 e. The van der Waals surface area contributed by atoms with Gasteiger partial charge in [-0.2, -0.15) is 26.3 Å². The summed E-state index contributed by atoms with van der Waals surface area (Å²) in [5.41, 5.74) is -6.99. The number of aliphatic hydroxyl groups is 1. The van der Waals surface area contributed by atoms with Crippen molar-refractivity contribution < 1.29 is 55.2 Å². The Bertz CT molecular complexity index is 1430. The molecule has 1 fully saturated rings. The molecular weight excluding hydrogens is 622 g/mol. The van der Waals surface area contributed by atoms with Crippen molar-refractivity contribution in [2.45, 2.75) is 76.4 Å². The first kappa shape index (κ1) is 34.9. The Morgan fingerprint density at radius 2 is 1.50 bits per heavy atom. The molecule has 3 amide bonds. The van der Waals surface area contributed by atoms with Gasteiger partial charge in [-0.05, 0) is 66.3 Å². The number of alkyl halides is 6. The van der Waals surface area contributed by atoms with Crippen LogP contribution in [0.3, 0.4) is 0 Å². The Hall–Kier alpha value is -3.94. The minimum Gasteiger partial charge on any atom is -0.489 e. The van der Waals surface area contributed by atoms with Gasteiger partial charge >= 0.3 is 18.4 Å². The predicted molar refractivity (Wildman–Crippen MR) is 155 cm³/mol. The number of hydrogen-bond donors (Lipinski definition) is 2. The van der Waals surface area contributed by atoms with Gasteiger partial charge in [0.1, 0.15) is 31.1 Å². The molecule has 0 aromatic heterocycles.